The van der Waals surface area contributed by atoms with E-state index in [0.717, 1.165) is 22.0 Å². The van der Waals surface area contributed by atoms with Crippen LogP contribution in [-0.2, 0) is 0 Å². The second-order valence-corrected chi connectivity index (χ2v) is 6.36. The number of rotatable bonds is 4. The van der Waals surface area contributed by atoms with E-state index >= 15 is 0 Å². The van der Waals surface area contributed by atoms with Crippen LogP contribution in [0.3, 0.4) is 0 Å². The van der Waals surface area contributed by atoms with Crippen molar-refractivity contribution in [1.82, 2.24) is 4.98 Å². The number of hydrogen-bond donors (Lipinski definition) is 1. The number of para-hydroxylation sites is 1. The lowest BCUT2D eigenvalue weighted by Crippen LogP contribution is -1.93. The molecule has 0 saturated heterocycles. The molecule has 0 radical (unpaired) electrons. The Bertz CT molecular complexity index is 1010. The number of carbonyl (C=O) groups excluding carboxylic acids is 1. The van der Waals surface area contributed by atoms with E-state index in [1.54, 1.807) is 17.4 Å². The third-order valence-corrected chi connectivity index (χ3v) is 4.74. The lowest BCUT2D eigenvalue weighted by atomic mass is 10.0. The molecule has 4 rings (SSSR count). The smallest absolute Gasteiger partial charge is 0.185 e. The molecule has 0 unspecified atom stereocenters. The van der Waals surface area contributed by atoms with Gasteiger partial charge in [0, 0.05) is 22.7 Å². The SMILES string of the molecule is O=C(/C=C/c1c[nH]c2ccccc12)c1ccc(-c2ccsc2)cc1. The van der Waals surface area contributed by atoms with Crippen molar-refractivity contribution in [2.75, 3.05) is 0 Å². The minimum absolute atomic E-state index is 0.0112. The van der Waals surface area contributed by atoms with Crippen LogP contribution in [0.15, 0.2) is 77.6 Å². The molecule has 0 bridgehead atoms. The first-order chi connectivity index (χ1) is 11.8. The van der Waals surface area contributed by atoms with Crippen molar-refractivity contribution >= 4 is 34.1 Å². The topological polar surface area (TPSA) is 32.9 Å². The van der Waals surface area contributed by atoms with Crippen LogP contribution < -0.4 is 0 Å². The van der Waals surface area contributed by atoms with Gasteiger partial charge in [0.2, 0.25) is 0 Å². The van der Waals surface area contributed by atoms with Gasteiger partial charge < -0.3 is 4.98 Å². The minimum Gasteiger partial charge on any atom is -0.361 e. The molecule has 1 N–H and O–H groups in total. The molecule has 0 fully saturated rings. The van der Waals surface area contributed by atoms with Crippen molar-refractivity contribution in [1.29, 1.82) is 0 Å². The zero-order chi connectivity index (χ0) is 16.4. The maximum atomic E-state index is 12.4. The zero-order valence-corrected chi connectivity index (χ0v) is 13.7. The van der Waals surface area contributed by atoms with Gasteiger partial charge in [0.25, 0.3) is 0 Å². The molecule has 3 heteroatoms. The van der Waals surface area contributed by atoms with Crippen molar-refractivity contribution < 1.29 is 4.79 Å². The number of allylic oxidation sites excluding steroid dienone is 1. The van der Waals surface area contributed by atoms with Gasteiger partial charge in [0.15, 0.2) is 5.78 Å². The van der Waals surface area contributed by atoms with Crippen LogP contribution in [0.2, 0.25) is 0 Å². The summed E-state index contributed by atoms with van der Waals surface area (Å²) < 4.78 is 0. The number of nitrogens with one attached hydrogen (secondary N) is 1. The van der Waals surface area contributed by atoms with E-state index in [-0.39, 0.29) is 5.78 Å². The average Bonchev–Trinajstić information content (AvgIpc) is 3.30. The number of benzene rings is 2. The van der Waals surface area contributed by atoms with Gasteiger partial charge >= 0.3 is 0 Å². The summed E-state index contributed by atoms with van der Waals surface area (Å²) >= 11 is 1.67. The molecule has 4 aromatic rings. The minimum atomic E-state index is 0.0112. The summed E-state index contributed by atoms with van der Waals surface area (Å²) in [5, 5.41) is 5.28. The molecule has 0 spiro atoms. The molecule has 24 heavy (non-hydrogen) atoms. The molecule has 0 aliphatic heterocycles. The number of aromatic nitrogens is 1. The van der Waals surface area contributed by atoms with E-state index in [1.807, 2.05) is 60.8 Å². The molecule has 0 atom stereocenters. The van der Waals surface area contributed by atoms with Gasteiger partial charge in [-0.05, 0) is 51.7 Å². The van der Waals surface area contributed by atoms with Crippen molar-refractivity contribution in [3.05, 3.63) is 88.8 Å². The van der Waals surface area contributed by atoms with Gasteiger partial charge in [-0.15, -0.1) is 0 Å². The van der Waals surface area contributed by atoms with Crippen molar-refractivity contribution in [2.45, 2.75) is 0 Å². The molecule has 2 nitrogen and oxygen atoms in total. The van der Waals surface area contributed by atoms with E-state index in [1.165, 1.54) is 5.56 Å². The van der Waals surface area contributed by atoms with Crippen LogP contribution in [0.5, 0.6) is 0 Å². The Kier molecular flexibility index (Phi) is 3.85. The molecule has 0 saturated carbocycles. The Balaban J connectivity index is 1.55. The first-order valence-corrected chi connectivity index (χ1v) is 8.67. The predicted molar refractivity (Wildman–Crippen MR) is 101 cm³/mol. The summed E-state index contributed by atoms with van der Waals surface area (Å²) in [5.41, 5.74) is 5.12. The molecule has 2 heterocycles. The van der Waals surface area contributed by atoms with E-state index < -0.39 is 0 Å². The summed E-state index contributed by atoms with van der Waals surface area (Å²) in [4.78, 5) is 15.6. The Morgan fingerprint density at radius 3 is 2.58 bits per heavy atom. The standard InChI is InChI=1S/C21H15NOS/c23-21(10-9-17-13-22-20-4-2-1-3-19(17)20)16-7-5-15(6-8-16)18-11-12-24-14-18/h1-14,22H/b10-9+. The summed E-state index contributed by atoms with van der Waals surface area (Å²) in [5.74, 6) is 0.0112. The zero-order valence-electron chi connectivity index (χ0n) is 12.9. The Morgan fingerprint density at radius 1 is 0.958 bits per heavy atom. The second kappa shape index (κ2) is 6.30. The highest BCUT2D eigenvalue weighted by Crippen LogP contribution is 2.23. The van der Waals surface area contributed by atoms with Crippen molar-refractivity contribution in [2.24, 2.45) is 0 Å². The summed E-state index contributed by atoms with van der Waals surface area (Å²) in [6, 6.07) is 17.9. The molecule has 2 aromatic carbocycles. The molecule has 2 aromatic heterocycles. The van der Waals surface area contributed by atoms with Crippen molar-refractivity contribution in [3.8, 4) is 11.1 Å². The first-order valence-electron chi connectivity index (χ1n) is 7.72. The molecular formula is C21H15NOS. The van der Waals surface area contributed by atoms with Gasteiger partial charge in [-0.25, -0.2) is 0 Å². The highest BCUT2D eigenvalue weighted by atomic mass is 32.1. The Labute approximate surface area is 144 Å². The highest BCUT2D eigenvalue weighted by molar-refractivity contribution is 7.08. The van der Waals surface area contributed by atoms with Crippen LogP contribution >= 0.6 is 11.3 Å². The number of thiophene rings is 1. The number of ketones is 1. The fourth-order valence-electron chi connectivity index (χ4n) is 2.75. The summed E-state index contributed by atoms with van der Waals surface area (Å²) in [6.45, 7) is 0. The molecule has 0 aliphatic carbocycles. The van der Waals surface area contributed by atoms with Crippen molar-refractivity contribution in [3.63, 3.8) is 0 Å². The lowest BCUT2D eigenvalue weighted by molar-refractivity contribution is 0.104. The fraction of sp³-hybridized carbons (Fsp3) is 0. The maximum Gasteiger partial charge on any atom is 0.185 e. The van der Waals surface area contributed by atoms with Gasteiger partial charge in [-0.2, -0.15) is 11.3 Å². The normalized spacial score (nSPS) is 11.3. The second-order valence-electron chi connectivity index (χ2n) is 5.58. The van der Waals surface area contributed by atoms with Crippen LogP contribution in [0.1, 0.15) is 15.9 Å². The number of hydrogen-bond acceptors (Lipinski definition) is 2. The quantitative estimate of drug-likeness (QED) is 0.373. The Morgan fingerprint density at radius 2 is 1.79 bits per heavy atom. The maximum absolute atomic E-state index is 12.4. The fourth-order valence-corrected chi connectivity index (χ4v) is 3.41. The Hall–Kier alpha value is -2.91. The van der Waals surface area contributed by atoms with E-state index in [9.17, 15) is 4.79 Å². The molecule has 116 valence electrons. The first kappa shape index (κ1) is 14.7. The van der Waals surface area contributed by atoms with Gasteiger partial charge in [0.05, 0.1) is 0 Å². The van der Waals surface area contributed by atoms with E-state index in [0.29, 0.717) is 5.56 Å². The van der Waals surface area contributed by atoms with Crippen LogP contribution in [0, 0.1) is 0 Å². The number of H-pyrrole nitrogens is 1. The van der Waals surface area contributed by atoms with Gasteiger partial charge in [-0.3, -0.25) is 4.79 Å². The number of fused-ring (bicyclic) bond motifs is 1. The highest BCUT2D eigenvalue weighted by Gasteiger charge is 2.04. The van der Waals surface area contributed by atoms with E-state index in [2.05, 4.69) is 21.8 Å². The lowest BCUT2D eigenvalue weighted by Gasteiger charge is -2.00. The molecule has 0 amide bonds. The van der Waals surface area contributed by atoms with Crippen LogP contribution in [-0.4, -0.2) is 10.8 Å². The van der Waals surface area contributed by atoms with Crippen LogP contribution in [0.25, 0.3) is 28.1 Å². The largest absolute Gasteiger partial charge is 0.361 e. The summed E-state index contributed by atoms with van der Waals surface area (Å²) in [6.07, 6.45) is 5.43. The van der Waals surface area contributed by atoms with E-state index in [4.69, 9.17) is 0 Å². The predicted octanol–water partition coefficient (Wildman–Crippen LogP) is 5.79. The number of aromatic amines is 1. The third-order valence-electron chi connectivity index (χ3n) is 4.06. The van der Waals surface area contributed by atoms with Gasteiger partial charge in [0.1, 0.15) is 0 Å². The monoisotopic (exact) mass is 329 g/mol. The van der Waals surface area contributed by atoms with Gasteiger partial charge in [-0.1, -0.05) is 42.5 Å². The van der Waals surface area contributed by atoms with Crippen LogP contribution in [0.4, 0.5) is 0 Å². The summed E-state index contributed by atoms with van der Waals surface area (Å²) in [7, 11) is 0. The average molecular weight is 329 g/mol. The molecular weight excluding hydrogens is 314 g/mol. The molecule has 0 aliphatic rings. The third kappa shape index (κ3) is 2.82. The number of carbonyl (C=O) groups is 1.